The van der Waals surface area contributed by atoms with Crippen LogP contribution in [0.1, 0.15) is 30.6 Å². The fourth-order valence-electron chi connectivity index (χ4n) is 1.73. The Kier molecular flexibility index (Phi) is 5.09. The van der Waals surface area contributed by atoms with Crippen LogP contribution in [0.15, 0.2) is 18.2 Å². The van der Waals surface area contributed by atoms with Gasteiger partial charge in [-0.3, -0.25) is 4.79 Å². The number of halogens is 1. The van der Waals surface area contributed by atoms with Gasteiger partial charge in [-0.05, 0) is 31.0 Å². The van der Waals surface area contributed by atoms with Crippen molar-refractivity contribution in [3.8, 4) is 5.75 Å². The third-order valence-electron chi connectivity index (χ3n) is 2.82. The number of hydrogen-bond acceptors (Lipinski definition) is 3. The topological polar surface area (TPSA) is 75.3 Å². The number of phenols is 1. The molecular weight excluding hydrogens is 235 g/mol. The summed E-state index contributed by atoms with van der Waals surface area (Å²) >= 11 is 0. The number of carbonyl (C=O) groups excluding carboxylic acids is 1. The molecule has 1 rings (SSSR count). The van der Waals surface area contributed by atoms with E-state index >= 15 is 0 Å². The Morgan fingerprint density at radius 2 is 2.17 bits per heavy atom. The van der Waals surface area contributed by atoms with Crippen LogP contribution >= 0.6 is 0 Å². The maximum atomic E-state index is 13.5. The van der Waals surface area contributed by atoms with Crippen LogP contribution in [0, 0.1) is 11.7 Å². The number of nitrogens with one attached hydrogen (secondary N) is 1. The summed E-state index contributed by atoms with van der Waals surface area (Å²) in [5.74, 6) is -1.52. The number of amides is 1. The molecule has 1 amide bonds. The molecule has 0 aromatic heterocycles. The fraction of sp³-hybridized carbons (Fsp3) is 0.462. The van der Waals surface area contributed by atoms with E-state index in [4.69, 9.17) is 5.73 Å². The molecule has 0 bridgehead atoms. The van der Waals surface area contributed by atoms with Gasteiger partial charge in [0.05, 0.1) is 0 Å². The van der Waals surface area contributed by atoms with Gasteiger partial charge in [0.2, 0.25) is 0 Å². The first-order valence-corrected chi connectivity index (χ1v) is 5.95. The van der Waals surface area contributed by atoms with Gasteiger partial charge in [-0.2, -0.15) is 0 Å². The van der Waals surface area contributed by atoms with Crippen molar-refractivity contribution in [2.45, 2.75) is 26.3 Å². The summed E-state index contributed by atoms with van der Waals surface area (Å²) in [6.07, 6.45) is 0.610. The van der Waals surface area contributed by atoms with E-state index in [0.717, 1.165) is 6.07 Å². The molecule has 1 atom stereocenters. The van der Waals surface area contributed by atoms with E-state index in [1.54, 1.807) is 0 Å². The van der Waals surface area contributed by atoms with Gasteiger partial charge in [0, 0.05) is 6.04 Å². The number of rotatable bonds is 5. The van der Waals surface area contributed by atoms with Crippen LogP contribution in [0.2, 0.25) is 0 Å². The molecule has 0 saturated carbocycles. The SMILES string of the molecule is CC(C)C(CCN)NC(=O)c1c(O)cccc1F. The third-order valence-corrected chi connectivity index (χ3v) is 2.82. The highest BCUT2D eigenvalue weighted by molar-refractivity contribution is 5.97. The number of phenolic OH excluding ortho intramolecular Hbond substituents is 1. The molecule has 5 heteroatoms. The first-order chi connectivity index (χ1) is 8.47. The monoisotopic (exact) mass is 254 g/mol. The zero-order valence-electron chi connectivity index (χ0n) is 10.6. The van der Waals surface area contributed by atoms with Crippen molar-refractivity contribution in [2.75, 3.05) is 6.54 Å². The number of aromatic hydroxyl groups is 1. The van der Waals surface area contributed by atoms with Gasteiger partial charge in [-0.1, -0.05) is 19.9 Å². The normalized spacial score (nSPS) is 12.5. The Bertz CT molecular complexity index is 401. The summed E-state index contributed by atoms with van der Waals surface area (Å²) in [6.45, 7) is 4.33. The minimum atomic E-state index is -0.734. The van der Waals surface area contributed by atoms with Crippen LogP contribution in [-0.2, 0) is 0 Å². The lowest BCUT2D eigenvalue weighted by molar-refractivity contribution is 0.0917. The molecule has 18 heavy (non-hydrogen) atoms. The van der Waals surface area contributed by atoms with Crippen molar-refractivity contribution in [2.24, 2.45) is 11.7 Å². The van der Waals surface area contributed by atoms with E-state index in [1.807, 2.05) is 13.8 Å². The smallest absolute Gasteiger partial charge is 0.258 e. The van der Waals surface area contributed by atoms with Crippen molar-refractivity contribution < 1.29 is 14.3 Å². The predicted octanol–water partition coefficient (Wildman–Crippen LogP) is 1.63. The largest absolute Gasteiger partial charge is 0.507 e. The Labute approximate surface area is 106 Å². The molecule has 100 valence electrons. The molecule has 0 saturated heterocycles. The summed E-state index contributed by atoms with van der Waals surface area (Å²) in [6, 6.07) is 3.63. The second-order valence-corrected chi connectivity index (χ2v) is 4.54. The lowest BCUT2D eigenvalue weighted by Gasteiger charge is -2.22. The Balaban J connectivity index is 2.87. The molecule has 4 N–H and O–H groups in total. The van der Waals surface area contributed by atoms with Crippen LogP contribution < -0.4 is 11.1 Å². The molecule has 1 aromatic rings. The molecule has 0 aliphatic heterocycles. The maximum Gasteiger partial charge on any atom is 0.258 e. The molecule has 0 aliphatic rings. The highest BCUT2D eigenvalue weighted by atomic mass is 19.1. The molecule has 0 heterocycles. The van der Waals surface area contributed by atoms with Gasteiger partial charge < -0.3 is 16.2 Å². The van der Waals surface area contributed by atoms with Crippen molar-refractivity contribution in [1.29, 1.82) is 0 Å². The summed E-state index contributed by atoms with van der Waals surface area (Å²) in [5.41, 5.74) is 5.15. The van der Waals surface area contributed by atoms with Gasteiger partial charge in [0.15, 0.2) is 0 Å². The fourth-order valence-corrected chi connectivity index (χ4v) is 1.73. The van der Waals surface area contributed by atoms with E-state index in [2.05, 4.69) is 5.32 Å². The molecule has 1 unspecified atom stereocenters. The maximum absolute atomic E-state index is 13.5. The summed E-state index contributed by atoms with van der Waals surface area (Å²) < 4.78 is 13.5. The zero-order valence-corrected chi connectivity index (χ0v) is 10.6. The zero-order chi connectivity index (χ0) is 13.7. The number of benzene rings is 1. The van der Waals surface area contributed by atoms with Crippen LogP contribution in [0.3, 0.4) is 0 Å². The van der Waals surface area contributed by atoms with Crippen LogP contribution in [0.5, 0.6) is 5.75 Å². The minimum Gasteiger partial charge on any atom is -0.507 e. The lowest BCUT2D eigenvalue weighted by Crippen LogP contribution is -2.40. The quantitative estimate of drug-likeness (QED) is 0.747. The Morgan fingerprint density at radius 1 is 1.50 bits per heavy atom. The summed E-state index contributed by atoms with van der Waals surface area (Å²) in [7, 11) is 0. The van der Waals surface area contributed by atoms with Crippen molar-refractivity contribution in [1.82, 2.24) is 5.32 Å². The molecular formula is C13H19FN2O2. The van der Waals surface area contributed by atoms with E-state index < -0.39 is 11.7 Å². The molecule has 0 aliphatic carbocycles. The number of nitrogens with two attached hydrogens (primary N) is 1. The van der Waals surface area contributed by atoms with Crippen molar-refractivity contribution >= 4 is 5.91 Å². The molecule has 0 radical (unpaired) electrons. The average molecular weight is 254 g/mol. The summed E-state index contributed by atoms with van der Waals surface area (Å²) in [5, 5.41) is 12.2. The van der Waals surface area contributed by atoms with Crippen LogP contribution in [0.4, 0.5) is 4.39 Å². The Morgan fingerprint density at radius 3 is 2.67 bits per heavy atom. The highest BCUT2D eigenvalue weighted by Crippen LogP contribution is 2.20. The van der Waals surface area contributed by atoms with Crippen molar-refractivity contribution in [3.63, 3.8) is 0 Å². The first kappa shape index (κ1) is 14.4. The number of hydrogen-bond donors (Lipinski definition) is 3. The van der Waals surface area contributed by atoms with Crippen LogP contribution in [0.25, 0.3) is 0 Å². The van der Waals surface area contributed by atoms with Gasteiger partial charge in [0.25, 0.3) is 5.91 Å². The van der Waals surface area contributed by atoms with Crippen molar-refractivity contribution in [3.05, 3.63) is 29.6 Å². The second-order valence-electron chi connectivity index (χ2n) is 4.54. The first-order valence-electron chi connectivity index (χ1n) is 5.95. The Hall–Kier alpha value is -1.62. The van der Waals surface area contributed by atoms with Crippen LogP contribution in [-0.4, -0.2) is 23.6 Å². The van der Waals surface area contributed by atoms with Gasteiger partial charge >= 0.3 is 0 Å². The molecule has 0 spiro atoms. The molecule has 0 fully saturated rings. The predicted molar refractivity (Wildman–Crippen MR) is 67.8 cm³/mol. The highest BCUT2D eigenvalue weighted by Gasteiger charge is 2.21. The minimum absolute atomic E-state index is 0.137. The van der Waals surface area contributed by atoms with E-state index in [9.17, 15) is 14.3 Å². The standard InChI is InChI=1S/C13H19FN2O2/c1-8(2)10(6-7-15)16-13(18)12-9(14)4-3-5-11(12)17/h3-5,8,10,17H,6-7,15H2,1-2H3,(H,16,18). The second kappa shape index (κ2) is 6.35. The summed E-state index contributed by atoms with van der Waals surface area (Å²) in [4.78, 5) is 11.9. The molecule has 4 nitrogen and oxygen atoms in total. The van der Waals surface area contributed by atoms with Gasteiger partial charge in [-0.15, -0.1) is 0 Å². The number of carbonyl (C=O) groups is 1. The van der Waals surface area contributed by atoms with E-state index in [0.29, 0.717) is 13.0 Å². The third kappa shape index (κ3) is 3.43. The molecule has 1 aromatic carbocycles. The lowest BCUT2D eigenvalue weighted by atomic mass is 10.0. The van der Waals surface area contributed by atoms with Gasteiger partial charge in [0.1, 0.15) is 17.1 Å². The van der Waals surface area contributed by atoms with E-state index in [1.165, 1.54) is 12.1 Å². The van der Waals surface area contributed by atoms with E-state index in [-0.39, 0.29) is 23.3 Å². The average Bonchev–Trinajstić information content (AvgIpc) is 2.28. The van der Waals surface area contributed by atoms with Gasteiger partial charge in [-0.25, -0.2) is 4.39 Å².